The van der Waals surface area contributed by atoms with Crippen LogP contribution in [0, 0.1) is 11.8 Å². The molecule has 4 rings (SSSR count). The van der Waals surface area contributed by atoms with Crippen LogP contribution in [0.15, 0.2) is 65.3 Å². The number of phenols is 1. The first-order valence-electron chi connectivity index (χ1n) is 15.0. The molecule has 0 spiro atoms. The summed E-state index contributed by atoms with van der Waals surface area (Å²) in [4.78, 5) is 45.1. The van der Waals surface area contributed by atoms with Gasteiger partial charge in [0.25, 0.3) is 5.91 Å². The van der Waals surface area contributed by atoms with E-state index in [0.29, 0.717) is 43.8 Å². The highest BCUT2D eigenvalue weighted by Gasteiger charge is 2.28. The van der Waals surface area contributed by atoms with Gasteiger partial charge in [0.15, 0.2) is 11.6 Å². The number of carbonyl (C=O) groups excluding carboxylic acids is 2. The minimum absolute atomic E-state index is 0.0741. The molecule has 2 heterocycles. The Morgan fingerprint density at radius 2 is 1.74 bits per heavy atom. The highest BCUT2D eigenvalue weighted by Crippen LogP contribution is 2.23. The van der Waals surface area contributed by atoms with E-state index in [9.17, 15) is 24.6 Å². The number of likely N-dealkylation sites (tertiary alicyclic amines) is 1. The first kappa shape index (κ1) is 31.6. The summed E-state index contributed by atoms with van der Waals surface area (Å²) in [6, 6.07) is 16.0. The van der Waals surface area contributed by atoms with Crippen molar-refractivity contribution < 1.29 is 29.0 Å². The number of para-hydroxylation sites is 1. The molecule has 1 aliphatic rings. The van der Waals surface area contributed by atoms with Crippen LogP contribution in [0.3, 0.4) is 0 Å². The second kappa shape index (κ2) is 15.2. The second-order valence-corrected chi connectivity index (χ2v) is 11.7. The maximum atomic E-state index is 13.2. The van der Waals surface area contributed by atoms with E-state index in [1.165, 1.54) is 11.8 Å². The molecule has 4 amide bonds. The summed E-state index contributed by atoms with van der Waals surface area (Å²) < 4.78 is 5.66. The average molecular weight is 591 g/mol. The van der Waals surface area contributed by atoms with Crippen LogP contribution >= 0.6 is 0 Å². The fourth-order valence-electron chi connectivity index (χ4n) is 5.36. The summed E-state index contributed by atoms with van der Waals surface area (Å²) in [5, 5.41) is 22.7. The van der Waals surface area contributed by atoms with Crippen LogP contribution in [0.1, 0.15) is 67.0 Å². The number of aromatic hydroxyl groups is 1. The van der Waals surface area contributed by atoms with Crippen molar-refractivity contribution in [3.63, 3.8) is 0 Å². The number of phenolic OH excluding ortho intramolecular Hbond substituents is 1. The molecule has 0 radical (unpaired) electrons. The number of aromatic nitrogens is 1. The van der Waals surface area contributed by atoms with Crippen LogP contribution in [0.5, 0.6) is 5.75 Å². The van der Waals surface area contributed by atoms with Gasteiger partial charge in [0, 0.05) is 32.1 Å². The third-order valence-corrected chi connectivity index (χ3v) is 7.95. The van der Waals surface area contributed by atoms with Crippen LogP contribution in [-0.4, -0.2) is 68.7 Å². The van der Waals surface area contributed by atoms with Crippen molar-refractivity contribution in [2.75, 3.05) is 19.6 Å². The van der Waals surface area contributed by atoms with Gasteiger partial charge in [-0.2, -0.15) is 0 Å². The second-order valence-electron chi connectivity index (χ2n) is 11.7. The van der Waals surface area contributed by atoms with Gasteiger partial charge in [0.05, 0.1) is 0 Å². The zero-order valence-corrected chi connectivity index (χ0v) is 24.9. The van der Waals surface area contributed by atoms with E-state index in [4.69, 9.17) is 4.42 Å². The number of benzene rings is 2. The largest absolute Gasteiger partial charge is 0.508 e. The van der Waals surface area contributed by atoms with Crippen LogP contribution in [0.2, 0.25) is 0 Å². The first-order chi connectivity index (χ1) is 20.7. The Labute approximate surface area is 252 Å². The topological polar surface area (TPSA) is 136 Å². The van der Waals surface area contributed by atoms with Crippen molar-refractivity contribution in [2.45, 2.75) is 64.8 Å². The van der Waals surface area contributed by atoms with Crippen molar-refractivity contribution in [1.82, 2.24) is 20.1 Å². The number of hydrogen-bond donors (Lipinski definition) is 3. The summed E-state index contributed by atoms with van der Waals surface area (Å²) in [5.41, 5.74) is 2.23. The molecule has 10 nitrogen and oxygen atoms in total. The van der Waals surface area contributed by atoms with E-state index in [-0.39, 0.29) is 42.1 Å². The van der Waals surface area contributed by atoms with E-state index in [1.54, 1.807) is 23.1 Å². The lowest BCUT2D eigenvalue weighted by molar-refractivity contribution is 0.0684. The lowest BCUT2D eigenvalue weighted by Gasteiger charge is -2.31. The number of urea groups is 1. The number of rotatable bonds is 12. The van der Waals surface area contributed by atoms with E-state index in [2.05, 4.69) is 22.4 Å². The van der Waals surface area contributed by atoms with Crippen LogP contribution in [0.25, 0.3) is 0 Å². The normalized spacial score (nSPS) is 14.4. The molecule has 43 heavy (non-hydrogen) atoms. The highest BCUT2D eigenvalue weighted by atomic mass is 16.4. The molecule has 10 heteroatoms. The monoisotopic (exact) mass is 590 g/mol. The number of nitrogens with zero attached hydrogens (tertiary/aromatic N) is 3. The number of imide groups is 1. The Morgan fingerprint density at radius 1 is 1.05 bits per heavy atom. The molecule has 2 aromatic carbocycles. The van der Waals surface area contributed by atoms with Crippen LogP contribution < -0.4 is 5.32 Å². The summed E-state index contributed by atoms with van der Waals surface area (Å²) >= 11 is 0. The molecule has 0 bridgehead atoms. The van der Waals surface area contributed by atoms with Gasteiger partial charge < -0.3 is 24.8 Å². The summed E-state index contributed by atoms with van der Waals surface area (Å²) in [6.45, 7) is 5.30. The standard InChI is InChI=1S/C33H42N4O6/c1-23(2)14-19-37(33(41)42)32(40)34-27(13-12-26-10-6-7-11-29(26)38)21-30-35-28(22-43-30)31(39)36-17-15-25(16-18-36)20-24-8-4-3-5-9-24/h3-11,22-23,25,27,38H,12-21H2,1-2H3,(H,34,40)(H,41,42)/t27-/m0/s1. The third-order valence-electron chi connectivity index (χ3n) is 7.95. The first-order valence-corrected chi connectivity index (χ1v) is 15.0. The van der Waals surface area contributed by atoms with Gasteiger partial charge in [0.1, 0.15) is 12.0 Å². The van der Waals surface area contributed by atoms with Crippen molar-refractivity contribution >= 4 is 18.0 Å². The van der Waals surface area contributed by atoms with Crippen LogP contribution in [0.4, 0.5) is 9.59 Å². The summed E-state index contributed by atoms with van der Waals surface area (Å²) in [7, 11) is 0. The van der Waals surface area contributed by atoms with E-state index in [0.717, 1.165) is 24.2 Å². The number of aryl methyl sites for hydroxylation is 1. The van der Waals surface area contributed by atoms with Gasteiger partial charge >= 0.3 is 12.1 Å². The Hall–Kier alpha value is -4.34. The molecule has 1 aromatic heterocycles. The number of oxazole rings is 1. The number of carboxylic acid groups (broad SMARTS) is 1. The molecule has 1 aliphatic heterocycles. The zero-order valence-electron chi connectivity index (χ0n) is 24.9. The molecular weight excluding hydrogens is 548 g/mol. The van der Waals surface area contributed by atoms with Crippen molar-refractivity contribution in [3.05, 3.63) is 83.6 Å². The van der Waals surface area contributed by atoms with Gasteiger partial charge in [-0.1, -0.05) is 62.4 Å². The van der Waals surface area contributed by atoms with Crippen molar-refractivity contribution in [2.24, 2.45) is 11.8 Å². The SMILES string of the molecule is CC(C)CCN(C(=O)O)C(=O)N[C@@H](CCc1ccccc1O)Cc1nc(C(=O)N2CCC(Cc3ccccc3)CC2)co1. The van der Waals surface area contributed by atoms with E-state index >= 15 is 0 Å². The minimum atomic E-state index is -1.32. The highest BCUT2D eigenvalue weighted by molar-refractivity contribution is 5.92. The fourth-order valence-corrected chi connectivity index (χ4v) is 5.36. The lowest BCUT2D eigenvalue weighted by Crippen LogP contribution is -2.48. The molecule has 0 aliphatic carbocycles. The maximum Gasteiger partial charge on any atom is 0.415 e. The number of hydrogen-bond acceptors (Lipinski definition) is 6. The van der Waals surface area contributed by atoms with E-state index < -0.39 is 18.2 Å². The Morgan fingerprint density at radius 3 is 2.42 bits per heavy atom. The Kier molecular flexibility index (Phi) is 11.2. The summed E-state index contributed by atoms with van der Waals surface area (Å²) in [5.74, 6) is 0.985. The average Bonchev–Trinajstić information content (AvgIpc) is 3.45. The molecule has 0 saturated carbocycles. The molecule has 3 aromatic rings. The number of amides is 4. The molecule has 1 atom stereocenters. The fraction of sp³-hybridized carbons (Fsp3) is 0.455. The molecular formula is C33H42N4O6. The zero-order chi connectivity index (χ0) is 30.8. The molecule has 1 saturated heterocycles. The maximum absolute atomic E-state index is 13.2. The van der Waals surface area contributed by atoms with Gasteiger partial charge in [0.2, 0.25) is 0 Å². The molecule has 0 unspecified atom stereocenters. The predicted octanol–water partition coefficient (Wildman–Crippen LogP) is 5.75. The van der Waals surface area contributed by atoms with Gasteiger partial charge in [-0.15, -0.1) is 0 Å². The third kappa shape index (κ3) is 9.33. The van der Waals surface area contributed by atoms with Crippen molar-refractivity contribution in [1.29, 1.82) is 0 Å². The Balaban J connectivity index is 1.39. The lowest BCUT2D eigenvalue weighted by atomic mass is 9.90. The van der Waals surface area contributed by atoms with Gasteiger partial charge in [-0.25, -0.2) is 19.5 Å². The quantitative estimate of drug-likeness (QED) is 0.244. The minimum Gasteiger partial charge on any atom is -0.508 e. The molecule has 3 N–H and O–H groups in total. The number of piperidine rings is 1. The summed E-state index contributed by atoms with van der Waals surface area (Å²) in [6.07, 6.45) is 4.38. The number of carbonyl (C=O) groups is 3. The molecule has 1 fully saturated rings. The molecule has 230 valence electrons. The van der Waals surface area contributed by atoms with Crippen LogP contribution in [-0.2, 0) is 19.3 Å². The smallest absolute Gasteiger partial charge is 0.415 e. The Bertz CT molecular complexity index is 1350. The number of nitrogens with one attached hydrogen (secondary N) is 1. The van der Waals surface area contributed by atoms with Gasteiger partial charge in [-0.3, -0.25) is 4.79 Å². The predicted molar refractivity (Wildman–Crippen MR) is 162 cm³/mol. The van der Waals surface area contributed by atoms with E-state index in [1.807, 2.05) is 38.1 Å². The van der Waals surface area contributed by atoms with Crippen molar-refractivity contribution in [3.8, 4) is 5.75 Å². The van der Waals surface area contributed by atoms with Gasteiger partial charge in [-0.05, 0) is 67.6 Å².